The number of nitrogen functional groups attached to an aromatic ring is 1. The van der Waals surface area contributed by atoms with Crippen molar-refractivity contribution in [3.05, 3.63) is 27.2 Å². The molecule has 5 nitrogen and oxygen atoms in total. The molecule has 0 fully saturated rings. The van der Waals surface area contributed by atoms with Crippen molar-refractivity contribution in [1.29, 1.82) is 0 Å². The molecule has 0 saturated heterocycles. The number of rotatable bonds is 3. The highest BCUT2D eigenvalue weighted by molar-refractivity contribution is 9.10. The summed E-state index contributed by atoms with van der Waals surface area (Å²) in [6, 6.07) is 0. The maximum absolute atomic E-state index is 5.95. The summed E-state index contributed by atoms with van der Waals surface area (Å²) in [6.45, 7) is 9.52. The normalized spacial score (nSPS) is 11.2. The average molecular weight is 312 g/mol. The van der Waals surface area contributed by atoms with Gasteiger partial charge >= 0.3 is 0 Å². The molecule has 2 aromatic rings. The maximum atomic E-state index is 5.95. The van der Waals surface area contributed by atoms with Crippen LogP contribution < -0.4 is 5.73 Å². The molecule has 0 saturated carbocycles. The molecule has 0 atom stereocenters. The summed E-state index contributed by atoms with van der Waals surface area (Å²) in [4.78, 5) is 0. The molecule has 0 aliphatic heterocycles. The molecule has 0 radical (unpaired) electrons. The SMILES string of the molecule is CCn1nc(C)c(Br)c1Cn1nc(C)c(N)c1C. The molecule has 0 unspecified atom stereocenters. The van der Waals surface area contributed by atoms with Gasteiger partial charge < -0.3 is 5.73 Å². The second-order valence-electron chi connectivity index (χ2n) is 4.40. The first-order chi connectivity index (χ1) is 8.45. The lowest BCUT2D eigenvalue weighted by Crippen LogP contribution is -2.10. The summed E-state index contributed by atoms with van der Waals surface area (Å²) < 4.78 is 4.97. The molecule has 2 rings (SSSR count). The van der Waals surface area contributed by atoms with Gasteiger partial charge in [-0.2, -0.15) is 10.2 Å². The van der Waals surface area contributed by atoms with Crippen molar-refractivity contribution in [3.63, 3.8) is 0 Å². The van der Waals surface area contributed by atoms with Gasteiger partial charge in [0.25, 0.3) is 0 Å². The summed E-state index contributed by atoms with van der Waals surface area (Å²) in [5.41, 5.74) is 10.7. The zero-order valence-corrected chi connectivity index (χ0v) is 12.7. The van der Waals surface area contributed by atoms with Crippen molar-refractivity contribution < 1.29 is 0 Å². The van der Waals surface area contributed by atoms with Crippen molar-refractivity contribution in [1.82, 2.24) is 19.6 Å². The Hall–Kier alpha value is -1.30. The van der Waals surface area contributed by atoms with Crippen LogP contribution in [0.3, 0.4) is 0 Å². The summed E-state index contributed by atoms with van der Waals surface area (Å²) in [6.07, 6.45) is 0. The Bertz CT molecular complexity index is 582. The molecule has 0 amide bonds. The Labute approximate surface area is 115 Å². The third-order valence-electron chi connectivity index (χ3n) is 3.19. The van der Waals surface area contributed by atoms with Crippen LogP contribution in [0.2, 0.25) is 0 Å². The lowest BCUT2D eigenvalue weighted by molar-refractivity contribution is 0.566. The van der Waals surface area contributed by atoms with Crippen LogP contribution in [0.5, 0.6) is 0 Å². The second kappa shape index (κ2) is 4.76. The van der Waals surface area contributed by atoms with Gasteiger partial charge in [-0.1, -0.05) is 0 Å². The van der Waals surface area contributed by atoms with Crippen LogP contribution in [-0.4, -0.2) is 19.6 Å². The topological polar surface area (TPSA) is 61.7 Å². The molecule has 0 aliphatic carbocycles. The first kappa shape index (κ1) is 13.1. The van der Waals surface area contributed by atoms with Crippen molar-refractivity contribution in [2.45, 2.75) is 40.8 Å². The Morgan fingerprint density at radius 3 is 2.22 bits per heavy atom. The van der Waals surface area contributed by atoms with Crippen LogP contribution >= 0.6 is 15.9 Å². The van der Waals surface area contributed by atoms with E-state index in [1.54, 1.807) is 0 Å². The number of nitrogens with zero attached hydrogens (tertiary/aromatic N) is 4. The Morgan fingerprint density at radius 1 is 1.11 bits per heavy atom. The number of aromatic nitrogens is 4. The highest BCUT2D eigenvalue weighted by atomic mass is 79.9. The van der Waals surface area contributed by atoms with Gasteiger partial charge in [-0.05, 0) is 43.6 Å². The molecule has 2 N–H and O–H groups in total. The van der Waals surface area contributed by atoms with Crippen molar-refractivity contribution in [3.8, 4) is 0 Å². The summed E-state index contributed by atoms with van der Waals surface area (Å²) in [7, 11) is 0. The fraction of sp³-hybridized carbons (Fsp3) is 0.500. The smallest absolute Gasteiger partial charge is 0.0843 e. The van der Waals surface area contributed by atoms with Gasteiger partial charge in [0, 0.05) is 6.54 Å². The van der Waals surface area contributed by atoms with Gasteiger partial charge in [-0.15, -0.1) is 0 Å². The maximum Gasteiger partial charge on any atom is 0.0843 e. The van der Waals surface area contributed by atoms with E-state index in [-0.39, 0.29) is 0 Å². The Balaban J connectivity index is 2.42. The Kier molecular flexibility index (Phi) is 3.47. The molecule has 0 aromatic carbocycles. The highest BCUT2D eigenvalue weighted by Crippen LogP contribution is 2.23. The van der Waals surface area contributed by atoms with E-state index in [4.69, 9.17) is 5.73 Å². The summed E-state index contributed by atoms with van der Waals surface area (Å²) in [5, 5.41) is 8.94. The highest BCUT2D eigenvalue weighted by Gasteiger charge is 2.15. The van der Waals surface area contributed by atoms with Crippen LogP contribution in [0, 0.1) is 20.8 Å². The molecular weight excluding hydrogens is 294 g/mol. The van der Waals surface area contributed by atoms with Crippen LogP contribution in [0.1, 0.15) is 29.7 Å². The molecule has 0 spiro atoms. The van der Waals surface area contributed by atoms with Gasteiger partial charge in [0.05, 0.1) is 39.5 Å². The molecule has 6 heteroatoms. The minimum atomic E-state index is 0.680. The van der Waals surface area contributed by atoms with E-state index in [0.29, 0.717) is 6.54 Å². The zero-order chi connectivity index (χ0) is 13.4. The van der Waals surface area contributed by atoms with Gasteiger partial charge in [0.15, 0.2) is 0 Å². The number of hydrogen-bond acceptors (Lipinski definition) is 3. The van der Waals surface area contributed by atoms with E-state index >= 15 is 0 Å². The predicted molar refractivity (Wildman–Crippen MR) is 75.6 cm³/mol. The molecule has 2 aromatic heterocycles. The average Bonchev–Trinajstić information content (AvgIpc) is 2.75. The van der Waals surface area contributed by atoms with Gasteiger partial charge in [0.2, 0.25) is 0 Å². The summed E-state index contributed by atoms with van der Waals surface area (Å²) >= 11 is 3.59. The molecule has 0 bridgehead atoms. The van der Waals surface area contributed by atoms with E-state index in [1.165, 1.54) is 0 Å². The fourth-order valence-electron chi connectivity index (χ4n) is 2.03. The lowest BCUT2D eigenvalue weighted by atomic mass is 10.3. The van der Waals surface area contributed by atoms with E-state index < -0.39 is 0 Å². The van der Waals surface area contributed by atoms with Gasteiger partial charge in [-0.3, -0.25) is 9.36 Å². The number of anilines is 1. The molecular formula is C12H18BrN5. The van der Waals surface area contributed by atoms with E-state index in [1.807, 2.05) is 30.1 Å². The zero-order valence-electron chi connectivity index (χ0n) is 11.2. The van der Waals surface area contributed by atoms with Crippen molar-refractivity contribution >= 4 is 21.6 Å². The van der Waals surface area contributed by atoms with Crippen LogP contribution in [0.15, 0.2) is 4.47 Å². The van der Waals surface area contributed by atoms with Gasteiger partial charge in [-0.25, -0.2) is 0 Å². The third-order valence-corrected chi connectivity index (χ3v) is 4.22. The monoisotopic (exact) mass is 311 g/mol. The van der Waals surface area contributed by atoms with Crippen LogP contribution in [-0.2, 0) is 13.1 Å². The predicted octanol–water partition coefficient (Wildman–Crippen LogP) is 2.42. The minimum Gasteiger partial charge on any atom is -0.396 e. The quantitative estimate of drug-likeness (QED) is 0.947. The largest absolute Gasteiger partial charge is 0.396 e. The second-order valence-corrected chi connectivity index (χ2v) is 5.20. The number of aryl methyl sites for hydroxylation is 3. The van der Waals surface area contributed by atoms with E-state index in [2.05, 4.69) is 33.1 Å². The van der Waals surface area contributed by atoms with Crippen molar-refractivity contribution in [2.75, 3.05) is 5.73 Å². The minimum absolute atomic E-state index is 0.680. The third kappa shape index (κ3) is 2.05. The van der Waals surface area contributed by atoms with Gasteiger partial charge in [0.1, 0.15) is 0 Å². The summed E-state index contributed by atoms with van der Waals surface area (Å²) in [5.74, 6) is 0. The first-order valence-electron chi connectivity index (χ1n) is 5.97. The molecule has 18 heavy (non-hydrogen) atoms. The van der Waals surface area contributed by atoms with Crippen LogP contribution in [0.25, 0.3) is 0 Å². The van der Waals surface area contributed by atoms with Crippen LogP contribution in [0.4, 0.5) is 5.69 Å². The molecule has 98 valence electrons. The number of halogens is 1. The molecule has 0 aliphatic rings. The van der Waals surface area contributed by atoms with Crippen molar-refractivity contribution in [2.24, 2.45) is 0 Å². The van der Waals surface area contributed by atoms with E-state index in [9.17, 15) is 0 Å². The Morgan fingerprint density at radius 2 is 1.72 bits per heavy atom. The molecule has 2 heterocycles. The number of hydrogen-bond donors (Lipinski definition) is 1. The number of nitrogens with two attached hydrogens (primary N) is 1. The van der Waals surface area contributed by atoms with E-state index in [0.717, 1.165) is 39.5 Å². The standard InChI is InChI=1S/C12H18BrN5/c1-5-17-10(11(13)7(2)15-17)6-18-9(4)12(14)8(3)16-18/h5-6,14H2,1-4H3. The lowest BCUT2D eigenvalue weighted by Gasteiger charge is -2.07. The fourth-order valence-corrected chi connectivity index (χ4v) is 2.44. The first-order valence-corrected chi connectivity index (χ1v) is 6.76.